The number of nitrogen functional groups attached to an aromatic ring is 2. The zero-order valence-corrected chi connectivity index (χ0v) is 9.78. The van der Waals surface area contributed by atoms with Gasteiger partial charge in [0.25, 0.3) is 0 Å². The third kappa shape index (κ3) is 1.95. The maximum atomic E-state index is 5.93. The molecule has 0 aliphatic heterocycles. The summed E-state index contributed by atoms with van der Waals surface area (Å²) in [5.74, 6) is 0.352. The van der Waals surface area contributed by atoms with Crippen LogP contribution in [0.5, 0.6) is 0 Å². The molecule has 0 amide bonds. The lowest BCUT2D eigenvalue weighted by molar-refractivity contribution is 1.09. The van der Waals surface area contributed by atoms with Crippen LogP contribution in [-0.2, 0) is 0 Å². The third-order valence-corrected chi connectivity index (χ3v) is 2.55. The van der Waals surface area contributed by atoms with Crippen molar-refractivity contribution in [2.75, 3.05) is 11.5 Å². The highest BCUT2D eigenvalue weighted by molar-refractivity contribution is 5.85. The molecule has 94 valence electrons. The van der Waals surface area contributed by atoms with E-state index in [9.17, 15) is 0 Å². The fourth-order valence-electron chi connectivity index (χ4n) is 1.77. The van der Waals surface area contributed by atoms with E-state index in [-0.39, 0.29) is 11.8 Å². The number of rotatable bonds is 2. The summed E-state index contributed by atoms with van der Waals surface area (Å²) >= 11 is 0. The summed E-state index contributed by atoms with van der Waals surface area (Å²) in [4.78, 5) is 16.4. The molecule has 0 aromatic carbocycles. The number of aromatic nitrogens is 6. The van der Waals surface area contributed by atoms with Gasteiger partial charge in [0.2, 0.25) is 5.95 Å². The highest BCUT2D eigenvalue weighted by Gasteiger charge is 2.17. The lowest BCUT2D eigenvalue weighted by atomic mass is 10.1. The summed E-state index contributed by atoms with van der Waals surface area (Å²) in [6.07, 6.45) is 8.07. The van der Waals surface area contributed by atoms with Crippen molar-refractivity contribution in [1.82, 2.24) is 30.1 Å². The molecule has 0 saturated carbocycles. The molecule has 0 saturated heterocycles. The first kappa shape index (κ1) is 11.1. The summed E-state index contributed by atoms with van der Waals surface area (Å²) in [6.45, 7) is 0. The molecule has 3 rings (SSSR count). The molecule has 0 bridgehead atoms. The molecule has 5 N–H and O–H groups in total. The number of aromatic amines is 1. The Hall–Kier alpha value is -3.03. The SMILES string of the molecule is Nc1nc(N)c(-c2cnccn2)c(-c2cn[nH]c2)n1. The highest BCUT2D eigenvalue weighted by Crippen LogP contribution is 2.32. The van der Waals surface area contributed by atoms with Crippen molar-refractivity contribution in [1.29, 1.82) is 0 Å². The maximum Gasteiger partial charge on any atom is 0.222 e. The van der Waals surface area contributed by atoms with Gasteiger partial charge in [0.1, 0.15) is 5.82 Å². The molecule has 0 unspecified atom stereocenters. The molecule has 8 nitrogen and oxygen atoms in total. The number of hydrogen-bond acceptors (Lipinski definition) is 7. The molecule has 8 heteroatoms. The smallest absolute Gasteiger partial charge is 0.222 e. The van der Waals surface area contributed by atoms with Gasteiger partial charge in [-0.1, -0.05) is 0 Å². The van der Waals surface area contributed by atoms with Gasteiger partial charge in [0.15, 0.2) is 0 Å². The van der Waals surface area contributed by atoms with Crippen LogP contribution >= 0.6 is 0 Å². The van der Waals surface area contributed by atoms with Crippen molar-refractivity contribution < 1.29 is 0 Å². The molecule has 0 aliphatic rings. The molecular weight excluding hydrogens is 244 g/mol. The minimum atomic E-state index is 0.0985. The van der Waals surface area contributed by atoms with Crippen LogP contribution < -0.4 is 11.5 Å². The Balaban J connectivity index is 2.29. The van der Waals surface area contributed by atoms with Gasteiger partial charge < -0.3 is 11.5 Å². The molecule has 0 spiro atoms. The Morgan fingerprint density at radius 2 is 1.95 bits per heavy atom. The van der Waals surface area contributed by atoms with Crippen LogP contribution in [0.1, 0.15) is 0 Å². The van der Waals surface area contributed by atoms with E-state index >= 15 is 0 Å². The number of hydrogen-bond donors (Lipinski definition) is 3. The van der Waals surface area contributed by atoms with Crippen LogP contribution in [0.2, 0.25) is 0 Å². The molecule has 0 atom stereocenters. The van der Waals surface area contributed by atoms with Gasteiger partial charge in [-0.25, -0.2) is 4.98 Å². The Morgan fingerprint density at radius 3 is 2.63 bits per heavy atom. The zero-order chi connectivity index (χ0) is 13.2. The minimum absolute atomic E-state index is 0.0985. The molecule has 19 heavy (non-hydrogen) atoms. The number of nitrogens with one attached hydrogen (secondary N) is 1. The van der Waals surface area contributed by atoms with Gasteiger partial charge in [0, 0.05) is 24.2 Å². The largest absolute Gasteiger partial charge is 0.383 e. The first-order valence-corrected chi connectivity index (χ1v) is 5.44. The predicted octanol–water partition coefficient (Wildman–Crippen LogP) is 0.488. The summed E-state index contributed by atoms with van der Waals surface area (Å²) in [6, 6.07) is 0. The summed E-state index contributed by atoms with van der Waals surface area (Å²) in [7, 11) is 0. The van der Waals surface area contributed by atoms with Gasteiger partial charge in [-0.3, -0.25) is 15.1 Å². The van der Waals surface area contributed by atoms with Crippen LogP contribution in [0.4, 0.5) is 11.8 Å². The van der Waals surface area contributed by atoms with Gasteiger partial charge in [-0.15, -0.1) is 0 Å². The number of nitrogens with two attached hydrogens (primary N) is 2. The van der Waals surface area contributed by atoms with Crippen molar-refractivity contribution in [3.05, 3.63) is 31.0 Å². The molecular formula is C11H10N8. The highest BCUT2D eigenvalue weighted by atomic mass is 15.1. The van der Waals surface area contributed by atoms with Crippen molar-refractivity contribution in [2.45, 2.75) is 0 Å². The van der Waals surface area contributed by atoms with Gasteiger partial charge in [-0.05, 0) is 0 Å². The van der Waals surface area contributed by atoms with E-state index in [1.165, 1.54) is 0 Å². The Bertz CT molecular complexity index is 692. The first-order chi connectivity index (χ1) is 9.25. The van der Waals surface area contributed by atoms with Crippen LogP contribution in [0, 0.1) is 0 Å². The third-order valence-electron chi connectivity index (χ3n) is 2.55. The van der Waals surface area contributed by atoms with E-state index < -0.39 is 0 Å². The fraction of sp³-hybridized carbons (Fsp3) is 0. The molecule has 3 heterocycles. The average Bonchev–Trinajstić information content (AvgIpc) is 2.92. The predicted molar refractivity (Wildman–Crippen MR) is 69.5 cm³/mol. The number of anilines is 2. The zero-order valence-electron chi connectivity index (χ0n) is 9.78. The molecule has 0 radical (unpaired) electrons. The maximum absolute atomic E-state index is 5.93. The monoisotopic (exact) mass is 254 g/mol. The number of nitrogens with zero attached hydrogens (tertiary/aromatic N) is 5. The Kier molecular flexibility index (Phi) is 2.53. The topological polar surface area (TPSA) is 132 Å². The van der Waals surface area contributed by atoms with E-state index in [1.54, 1.807) is 31.0 Å². The molecule has 3 aromatic heterocycles. The first-order valence-electron chi connectivity index (χ1n) is 5.44. The lowest BCUT2D eigenvalue weighted by Crippen LogP contribution is -2.05. The van der Waals surface area contributed by atoms with Crippen molar-refractivity contribution in [3.63, 3.8) is 0 Å². The van der Waals surface area contributed by atoms with Crippen LogP contribution in [0.15, 0.2) is 31.0 Å². The van der Waals surface area contributed by atoms with Crippen molar-refractivity contribution in [3.8, 4) is 22.5 Å². The van der Waals surface area contributed by atoms with Crippen LogP contribution in [-0.4, -0.2) is 30.1 Å². The van der Waals surface area contributed by atoms with Crippen LogP contribution in [0.3, 0.4) is 0 Å². The Morgan fingerprint density at radius 1 is 1.05 bits per heavy atom. The van der Waals surface area contributed by atoms with E-state index in [4.69, 9.17) is 11.5 Å². The normalized spacial score (nSPS) is 10.5. The van der Waals surface area contributed by atoms with Crippen LogP contribution in [0.25, 0.3) is 22.5 Å². The minimum Gasteiger partial charge on any atom is -0.383 e. The average molecular weight is 254 g/mol. The van der Waals surface area contributed by atoms with Crippen molar-refractivity contribution in [2.24, 2.45) is 0 Å². The van der Waals surface area contributed by atoms with E-state index in [0.717, 1.165) is 5.56 Å². The second-order valence-electron chi connectivity index (χ2n) is 3.77. The van der Waals surface area contributed by atoms with E-state index in [1.807, 2.05) is 0 Å². The summed E-state index contributed by atoms with van der Waals surface area (Å²) in [5.41, 5.74) is 14.1. The molecule has 3 aromatic rings. The van der Waals surface area contributed by atoms with E-state index in [0.29, 0.717) is 17.0 Å². The standard InChI is InChI=1S/C11H10N8/c12-10-8(7-5-14-1-2-15-7)9(18-11(13)19-10)6-3-16-17-4-6/h1-5H,(H,16,17)(H4,12,13,18,19). The van der Waals surface area contributed by atoms with Crippen molar-refractivity contribution >= 4 is 11.8 Å². The molecule has 0 aliphatic carbocycles. The molecule has 0 fully saturated rings. The summed E-state index contributed by atoms with van der Waals surface area (Å²) in [5, 5.41) is 6.61. The van der Waals surface area contributed by atoms with Gasteiger partial charge in [0.05, 0.1) is 29.3 Å². The van der Waals surface area contributed by atoms with Gasteiger partial charge in [-0.2, -0.15) is 10.1 Å². The van der Waals surface area contributed by atoms with E-state index in [2.05, 4.69) is 30.1 Å². The second kappa shape index (κ2) is 4.33. The lowest BCUT2D eigenvalue weighted by Gasteiger charge is -2.09. The quantitative estimate of drug-likeness (QED) is 0.606. The summed E-state index contributed by atoms with van der Waals surface area (Å²) < 4.78 is 0. The Labute approximate surface area is 108 Å². The number of H-pyrrole nitrogens is 1. The van der Waals surface area contributed by atoms with Gasteiger partial charge >= 0.3 is 0 Å². The second-order valence-corrected chi connectivity index (χ2v) is 3.77. The fourth-order valence-corrected chi connectivity index (χ4v) is 1.77.